The molecule has 0 fully saturated rings. The average Bonchev–Trinajstić information content (AvgIpc) is 2.82. The molecule has 1 unspecified atom stereocenters. The van der Waals surface area contributed by atoms with Crippen molar-refractivity contribution in [3.05, 3.63) is 63.3 Å². The minimum atomic E-state index is -4.71. The van der Waals surface area contributed by atoms with Crippen LogP contribution in [-0.2, 0) is 47.7 Å². The maximum Gasteiger partial charge on any atom is 0.451 e. The Labute approximate surface area is 197 Å². The van der Waals surface area contributed by atoms with Gasteiger partial charge in [-0.05, 0) is 0 Å². The number of rotatable bonds is 14. The molecule has 0 saturated heterocycles. The van der Waals surface area contributed by atoms with E-state index in [-0.39, 0.29) is 12.2 Å². The van der Waals surface area contributed by atoms with E-state index < -0.39 is 59.8 Å². The van der Waals surface area contributed by atoms with Crippen LogP contribution in [0.1, 0.15) is 0 Å². The molecule has 0 aromatic carbocycles. The highest BCUT2D eigenvalue weighted by Crippen LogP contribution is 2.45. The number of aliphatic hydroxyl groups is 5. The third-order valence-electron chi connectivity index (χ3n) is 3.71. The lowest BCUT2D eigenvalue weighted by Crippen LogP contribution is -2.81. The van der Waals surface area contributed by atoms with Crippen LogP contribution in [0.4, 0.5) is 0 Å². The predicted octanol–water partition coefficient (Wildman–Crippen LogP) is -2.66. The summed E-state index contributed by atoms with van der Waals surface area (Å²) in [7, 11) is 0. The van der Waals surface area contributed by atoms with Crippen molar-refractivity contribution in [3.8, 4) is 0 Å². The molecule has 0 aromatic rings. The van der Waals surface area contributed by atoms with E-state index in [0.29, 0.717) is 18.2 Å². The number of hydrogen-bond acceptors (Lipinski definition) is 15. The van der Waals surface area contributed by atoms with E-state index in [4.69, 9.17) is 0 Å². The molecule has 15 nitrogen and oxygen atoms in total. The zero-order valence-corrected chi connectivity index (χ0v) is 17.9. The fraction of sp³-hybridized carbons (Fsp3) is 0.250. The van der Waals surface area contributed by atoms with E-state index in [1.54, 1.807) is 0 Å². The van der Waals surface area contributed by atoms with Gasteiger partial charge in [-0.25, -0.2) is 24.0 Å². The molecule has 0 aliphatic rings. The summed E-state index contributed by atoms with van der Waals surface area (Å²) in [5.74, 6) is -26.8. The van der Waals surface area contributed by atoms with Gasteiger partial charge in [-0.3, -0.25) is 0 Å². The van der Waals surface area contributed by atoms with Crippen LogP contribution in [0, 0.1) is 0 Å². The number of carbonyl (C=O) groups is 5. The Morgan fingerprint density at radius 2 is 0.829 bits per heavy atom. The van der Waals surface area contributed by atoms with Gasteiger partial charge in [0.05, 0.1) is 0 Å². The van der Waals surface area contributed by atoms with E-state index in [2.05, 4.69) is 56.6 Å². The van der Waals surface area contributed by atoms with Gasteiger partial charge in [0.1, 0.15) is 6.61 Å². The summed E-state index contributed by atoms with van der Waals surface area (Å²) in [5.41, 5.74) is 0. The maximum atomic E-state index is 12.0. The summed E-state index contributed by atoms with van der Waals surface area (Å²) in [6, 6.07) is 0. The highest BCUT2D eigenvalue weighted by molar-refractivity contribution is 5.85. The number of ether oxygens (including phenoxy) is 5. The Morgan fingerprint density at radius 3 is 1.14 bits per heavy atom. The second kappa shape index (κ2) is 11.8. The minimum absolute atomic E-state index is 0.250. The molecular weight excluding hydrogens is 480 g/mol. The highest BCUT2D eigenvalue weighted by atomic mass is 16.9. The lowest BCUT2D eigenvalue weighted by atomic mass is 9.93. The normalized spacial score (nSPS) is 15.8. The lowest BCUT2D eigenvalue weighted by molar-refractivity contribution is -0.535. The summed E-state index contributed by atoms with van der Waals surface area (Å²) < 4.78 is 21.8. The topological polar surface area (TPSA) is 233 Å². The SMILES string of the molecule is C=CC(=O)OC(O)(OC(=O)C=C)[C@@](O)(OC(=O)C=C)C(O)(OC(=O)C=C)[C@](O)(CO)OC(=O)C=C. The Kier molecular flexibility index (Phi) is 10.4. The Bertz CT molecular complexity index is 915. The quantitative estimate of drug-likeness (QED) is 0.0705. The summed E-state index contributed by atoms with van der Waals surface area (Å²) in [6.07, 6.45) is 1.45. The van der Waals surface area contributed by atoms with Crippen LogP contribution in [0.25, 0.3) is 0 Å². The molecule has 0 amide bonds. The zero-order chi connectivity index (χ0) is 27.7. The van der Waals surface area contributed by atoms with Crippen molar-refractivity contribution in [1.29, 1.82) is 0 Å². The first-order valence-electron chi connectivity index (χ1n) is 8.86. The van der Waals surface area contributed by atoms with E-state index in [0.717, 1.165) is 0 Å². The first kappa shape index (κ1) is 30.9. The lowest BCUT2D eigenvalue weighted by Gasteiger charge is -2.50. The van der Waals surface area contributed by atoms with Crippen LogP contribution in [0.5, 0.6) is 0 Å². The monoisotopic (exact) mass is 502 g/mol. The fourth-order valence-corrected chi connectivity index (χ4v) is 2.07. The van der Waals surface area contributed by atoms with Gasteiger partial charge in [0.15, 0.2) is 0 Å². The van der Waals surface area contributed by atoms with Crippen LogP contribution < -0.4 is 0 Å². The Hall–Kier alpha value is -4.15. The number of hydrogen-bond donors (Lipinski definition) is 5. The van der Waals surface area contributed by atoms with Crippen molar-refractivity contribution in [3.63, 3.8) is 0 Å². The van der Waals surface area contributed by atoms with Crippen molar-refractivity contribution >= 4 is 29.8 Å². The van der Waals surface area contributed by atoms with E-state index in [1.807, 2.05) is 0 Å². The second-order valence-corrected chi connectivity index (χ2v) is 5.94. The van der Waals surface area contributed by atoms with Crippen molar-refractivity contribution < 1.29 is 73.2 Å². The third-order valence-corrected chi connectivity index (χ3v) is 3.71. The standard InChI is InChI=1S/C20H22O15/c1-6-12(22)31-17(27,11-21)18(28,32-13(23)7-2)19(29,33-14(24)8-3)20(30,34-15(25)9-4)35-16(26)10-5/h6-10,21,27-30H,1-5,11H2/t17-,18?,19-/m0/s1. The van der Waals surface area contributed by atoms with Crippen molar-refractivity contribution in [2.24, 2.45) is 0 Å². The van der Waals surface area contributed by atoms with Crippen LogP contribution in [-0.4, -0.2) is 85.3 Å². The molecule has 0 aliphatic heterocycles. The first-order valence-corrected chi connectivity index (χ1v) is 8.86. The molecule has 192 valence electrons. The number of carbonyl (C=O) groups excluding carboxylic acids is 5. The molecule has 0 aromatic heterocycles. The van der Waals surface area contributed by atoms with Crippen molar-refractivity contribution in [2.45, 2.75) is 23.3 Å². The highest BCUT2D eigenvalue weighted by Gasteiger charge is 2.82. The van der Waals surface area contributed by atoms with Gasteiger partial charge in [0.2, 0.25) is 0 Å². The summed E-state index contributed by atoms with van der Waals surface area (Å²) >= 11 is 0. The predicted molar refractivity (Wildman–Crippen MR) is 108 cm³/mol. The van der Waals surface area contributed by atoms with Crippen molar-refractivity contribution in [1.82, 2.24) is 0 Å². The molecule has 15 heteroatoms. The van der Waals surface area contributed by atoms with Gasteiger partial charge in [-0.15, -0.1) is 0 Å². The summed E-state index contributed by atoms with van der Waals surface area (Å²) in [4.78, 5) is 59.4. The smallest absolute Gasteiger partial charge is 0.420 e. The molecule has 0 radical (unpaired) electrons. The van der Waals surface area contributed by atoms with Gasteiger partial charge < -0.3 is 49.2 Å². The second-order valence-electron chi connectivity index (χ2n) is 5.94. The van der Waals surface area contributed by atoms with E-state index in [1.165, 1.54) is 0 Å². The molecule has 0 aliphatic carbocycles. The summed E-state index contributed by atoms with van der Waals surface area (Å²) in [6.45, 7) is 12.8. The Morgan fingerprint density at radius 1 is 0.543 bits per heavy atom. The minimum Gasteiger partial charge on any atom is -0.420 e. The number of aliphatic hydroxyl groups excluding tert-OH is 1. The average molecular weight is 502 g/mol. The van der Waals surface area contributed by atoms with Gasteiger partial charge in [-0.2, -0.15) is 0 Å². The third kappa shape index (κ3) is 6.25. The molecule has 0 heterocycles. The van der Waals surface area contributed by atoms with E-state index in [9.17, 15) is 49.5 Å². The molecular formula is C20H22O15. The van der Waals surface area contributed by atoms with E-state index >= 15 is 0 Å². The molecule has 0 rings (SSSR count). The molecule has 0 bridgehead atoms. The number of esters is 5. The zero-order valence-electron chi connectivity index (χ0n) is 17.9. The largest absolute Gasteiger partial charge is 0.451 e. The van der Waals surface area contributed by atoms with Gasteiger partial charge in [0, 0.05) is 30.4 Å². The molecule has 0 spiro atoms. The van der Waals surface area contributed by atoms with Crippen LogP contribution in [0.15, 0.2) is 63.3 Å². The molecule has 5 N–H and O–H groups in total. The fourth-order valence-electron chi connectivity index (χ4n) is 2.07. The van der Waals surface area contributed by atoms with Gasteiger partial charge in [-0.1, -0.05) is 32.9 Å². The maximum absolute atomic E-state index is 12.0. The molecule has 35 heavy (non-hydrogen) atoms. The van der Waals surface area contributed by atoms with Gasteiger partial charge in [0.25, 0.3) is 0 Å². The van der Waals surface area contributed by atoms with Crippen LogP contribution >= 0.6 is 0 Å². The molecule has 0 saturated carbocycles. The van der Waals surface area contributed by atoms with Gasteiger partial charge >= 0.3 is 53.2 Å². The van der Waals surface area contributed by atoms with Crippen molar-refractivity contribution in [2.75, 3.05) is 6.61 Å². The molecule has 3 atom stereocenters. The van der Waals surface area contributed by atoms with Crippen LogP contribution in [0.2, 0.25) is 0 Å². The summed E-state index contributed by atoms with van der Waals surface area (Å²) in [5, 5.41) is 53.7. The van der Waals surface area contributed by atoms with Crippen LogP contribution in [0.3, 0.4) is 0 Å². The Balaban J connectivity index is 7.70. The first-order chi connectivity index (χ1) is 16.1.